The van der Waals surface area contributed by atoms with Crippen molar-refractivity contribution in [3.8, 4) is 11.5 Å². The summed E-state index contributed by atoms with van der Waals surface area (Å²) < 4.78 is 11.6. The number of rotatable bonds is 10. The third-order valence-electron chi connectivity index (χ3n) is 4.28. The molecule has 0 spiro atoms. The van der Waals surface area contributed by atoms with Crippen LogP contribution >= 0.6 is 11.6 Å². The lowest BCUT2D eigenvalue weighted by Crippen LogP contribution is -2.38. The highest BCUT2D eigenvalue weighted by Crippen LogP contribution is 2.22. The molecule has 2 aromatic carbocycles. The number of nitrogens with one attached hydrogen (secondary N) is 1. The van der Waals surface area contributed by atoms with Crippen LogP contribution in [0, 0.1) is 6.92 Å². The van der Waals surface area contributed by atoms with Crippen LogP contribution in [0.3, 0.4) is 0 Å². The van der Waals surface area contributed by atoms with Gasteiger partial charge in [0.2, 0.25) is 0 Å². The van der Waals surface area contributed by atoms with Crippen LogP contribution in [-0.4, -0.2) is 24.7 Å². The summed E-state index contributed by atoms with van der Waals surface area (Å²) in [7, 11) is 0. The van der Waals surface area contributed by atoms with Gasteiger partial charge in [-0.15, -0.1) is 0 Å². The summed E-state index contributed by atoms with van der Waals surface area (Å²) in [6.45, 7) is 8.48. The van der Waals surface area contributed by atoms with E-state index in [9.17, 15) is 4.79 Å². The zero-order valence-corrected chi connectivity index (χ0v) is 17.9. The minimum atomic E-state index is -0.511. The molecule has 0 saturated carbocycles. The molecule has 0 aliphatic heterocycles. The minimum Gasteiger partial charge on any atom is -0.491 e. The number of halogens is 1. The third-order valence-corrected chi connectivity index (χ3v) is 4.71. The Hall–Kier alpha value is -2.20. The molecule has 0 saturated heterocycles. The number of ether oxygens (including phenoxy) is 2. The van der Waals surface area contributed by atoms with Crippen molar-refractivity contribution in [2.45, 2.75) is 59.2 Å². The van der Waals surface area contributed by atoms with E-state index in [1.807, 2.05) is 45.9 Å². The van der Waals surface area contributed by atoms with Gasteiger partial charge in [0.25, 0.3) is 5.91 Å². The normalized spacial score (nSPS) is 11.9. The standard InChI is InChI=1S/C23H30ClNO3/c1-5-22(28-20-11-12-21(24)17(4)14-20)23(26)25-13-7-9-18-8-6-10-19(15-18)27-16(2)3/h6,8,10-12,14-16,22H,5,7,9,13H2,1-4H3,(H,25,26). The number of aryl methyl sites for hydroxylation is 2. The molecule has 0 heterocycles. The minimum absolute atomic E-state index is 0.0907. The van der Waals surface area contributed by atoms with E-state index in [-0.39, 0.29) is 12.0 Å². The monoisotopic (exact) mass is 403 g/mol. The van der Waals surface area contributed by atoms with E-state index in [0.717, 1.165) is 24.2 Å². The van der Waals surface area contributed by atoms with Crippen molar-refractivity contribution < 1.29 is 14.3 Å². The second-order valence-corrected chi connectivity index (χ2v) is 7.54. The molecule has 1 unspecified atom stereocenters. The first kappa shape index (κ1) is 22.1. The van der Waals surface area contributed by atoms with Crippen LogP contribution in [-0.2, 0) is 11.2 Å². The van der Waals surface area contributed by atoms with Crippen molar-refractivity contribution in [2.24, 2.45) is 0 Å². The van der Waals surface area contributed by atoms with Crippen molar-refractivity contribution in [3.05, 3.63) is 58.6 Å². The molecule has 0 aliphatic rings. The number of amides is 1. The van der Waals surface area contributed by atoms with E-state index in [4.69, 9.17) is 21.1 Å². The lowest BCUT2D eigenvalue weighted by Gasteiger charge is -2.18. The van der Waals surface area contributed by atoms with E-state index >= 15 is 0 Å². The van der Waals surface area contributed by atoms with Gasteiger partial charge >= 0.3 is 0 Å². The first-order valence-corrected chi connectivity index (χ1v) is 10.2. The summed E-state index contributed by atoms with van der Waals surface area (Å²) in [5.74, 6) is 1.45. The molecule has 2 rings (SSSR count). The van der Waals surface area contributed by atoms with Gasteiger partial charge in [0.15, 0.2) is 6.10 Å². The van der Waals surface area contributed by atoms with Gasteiger partial charge in [0.1, 0.15) is 11.5 Å². The summed E-state index contributed by atoms with van der Waals surface area (Å²) in [4.78, 5) is 12.4. The van der Waals surface area contributed by atoms with E-state index in [0.29, 0.717) is 23.7 Å². The molecule has 4 nitrogen and oxygen atoms in total. The fourth-order valence-corrected chi connectivity index (χ4v) is 2.96. The van der Waals surface area contributed by atoms with E-state index < -0.39 is 6.10 Å². The quantitative estimate of drug-likeness (QED) is 0.544. The van der Waals surface area contributed by atoms with E-state index in [1.54, 1.807) is 12.1 Å². The summed E-state index contributed by atoms with van der Waals surface area (Å²) >= 11 is 6.04. The maximum Gasteiger partial charge on any atom is 0.261 e. The maximum absolute atomic E-state index is 12.4. The molecule has 0 aliphatic carbocycles. The molecule has 0 aromatic heterocycles. The van der Waals surface area contributed by atoms with Gasteiger partial charge in [0.05, 0.1) is 6.10 Å². The molecule has 1 amide bonds. The van der Waals surface area contributed by atoms with Gasteiger partial charge in [-0.25, -0.2) is 0 Å². The highest BCUT2D eigenvalue weighted by atomic mass is 35.5. The van der Waals surface area contributed by atoms with E-state index in [1.165, 1.54) is 5.56 Å². The third kappa shape index (κ3) is 7.08. The molecule has 152 valence electrons. The number of carbonyl (C=O) groups is 1. The smallest absolute Gasteiger partial charge is 0.261 e. The fourth-order valence-electron chi connectivity index (χ4n) is 2.84. The molecule has 0 bridgehead atoms. The van der Waals surface area contributed by atoms with Gasteiger partial charge in [-0.05, 0) is 81.5 Å². The summed E-state index contributed by atoms with van der Waals surface area (Å²) in [5, 5.41) is 3.66. The average Bonchev–Trinajstić information content (AvgIpc) is 2.65. The lowest BCUT2D eigenvalue weighted by molar-refractivity contribution is -0.128. The highest BCUT2D eigenvalue weighted by Gasteiger charge is 2.18. The lowest BCUT2D eigenvalue weighted by atomic mass is 10.1. The number of benzene rings is 2. The van der Waals surface area contributed by atoms with Crippen LogP contribution in [0.4, 0.5) is 0 Å². The topological polar surface area (TPSA) is 47.6 Å². The molecule has 0 fully saturated rings. The summed E-state index contributed by atoms with van der Waals surface area (Å²) in [6, 6.07) is 13.5. The fraction of sp³-hybridized carbons (Fsp3) is 0.435. The first-order valence-electron chi connectivity index (χ1n) is 9.85. The van der Waals surface area contributed by atoms with Crippen molar-refractivity contribution in [1.29, 1.82) is 0 Å². The largest absolute Gasteiger partial charge is 0.491 e. The Kier molecular flexibility index (Phi) is 8.65. The Balaban J connectivity index is 1.79. The molecule has 1 atom stereocenters. The van der Waals surface area contributed by atoms with Gasteiger partial charge < -0.3 is 14.8 Å². The van der Waals surface area contributed by atoms with Crippen LogP contribution in [0.1, 0.15) is 44.7 Å². The average molecular weight is 404 g/mol. The maximum atomic E-state index is 12.4. The predicted octanol–water partition coefficient (Wildman–Crippen LogP) is 5.34. The zero-order valence-electron chi connectivity index (χ0n) is 17.1. The van der Waals surface area contributed by atoms with Gasteiger partial charge in [0, 0.05) is 11.6 Å². The van der Waals surface area contributed by atoms with Crippen molar-refractivity contribution in [1.82, 2.24) is 5.32 Å². The zero-order chi connectivity index (χ0) is 20.5. The van der Waals surface area contributed by atoms with Crippen molar-refractivity contribution >= 4 is 17.5 Å². The molecular formula is C23H30ClNO3. The van der Waals surface area contributed by atoms with Gasteiger partial charge in [-0.3, -0.25) is 4.79 Å². The van der Waals surface area contributed by atoms with Crippen LogP contribution in [0.15, 0.2) is 42.5 Å². The Morgan fingerprint density at radius 3 is 2.54 bits per heavy atom. The molecule has 28 heavy (non-hydrogen) atoms. The number of carbonyl (C=O) groups excluding carboxylic acids is 1. The molecular weight excluding hydrogens is 374 g/mol. The van der Waals surface area contributed by atoms with Gasteiger partial charge in [-0.2, -0.15) is 0 Å². The Bertz CT molecular complexity index is 776. The molecule has 0 radical (unpaired) electrons. The first-order chi connectivity index (χ1) is 13.4. The molecule has 2 aromatic rings. The van der Waals surface area contributed by atoms with Crippen molar-refractivity contribution in [2.75, 3.05) is 6.54 Å². The van der Waals surface area contributed by atoms with Crippen LogP contribution in [0.2, 0.25) is 5.02 Å². The summed E-state index contributed by atoms with van der Waals surface area (Å²) in [6.07, 6.45) is 1.98. The highest BCUT2D eigenvalue weighted by molar-refractivity contribution is 6.31. The predicted molar refractivity (Wildman–Crippen MR) is 114 cm³/mol. The SMILES string of the molecule is CCC(Oc1ccc(Cl)c(C)c1)C(=O)NCCCc1cccc(OC(C)C)c1. The van der Waals surface area contributed by atoms with E-state index in [2.05, 4.69) is 17.4 Å². The Morgan fingerprint density at radius 2 is 1.86 bits per heavy atom. The van der Waals surface area contributed by atoms with Crippen LogP contribution in [0.5, 0.6) is 11.5 Å². The van der Waals surface area contributed by atoms with Crippen molar-refractivity contribution in [3.63, 3.8) is 0 Å². The molecule has 1 N–H and O–H groups in total. The summed E-state index contributed by atoms with van der Waals surface area (Å²) in [5.41, 5.74) is 2.13. The molecule has 5 heteroatoms. The second kappa shape index (κ2) is 11.0. The second-order valence-electron chi connectivity index (χ2n) is 7.13. The number of hydrogen-bond donors (Lipinski definition) is 1. The van der Waals surface area contributed by atoms with Crippen LogP contribution < -0.4 is 14.8 Å². The van der Waals surface area contributed by atoms with Crippen LogP contribution in [0.25, 0.3) is 0 Å². The van der Waals surface area contributed by atoms with Gasteiger partial charge in [-0.1, -0.05) is 30.7 Å². The Labute approximate surface area is 173 Å². The Morgan fingerprint density at radius 1 is 1.11 bits per heavy atom. The number of hydrogen-bond acceptors (Lipinski definition) is 3.